The predicted molar refractivity (Wildman–Crippen MR) is 127 cm³/mol. The summed E-state index contributed by atoms with van der Waals surface area (Å²) in [5, 5.41) is 0. The van der Waals surface area contributed by atoms with Gasteiger partial charge in [-0.05, 0) is 61.6 Å². The zero-order chi connectivity index (χ0) is 20.5. The summed E-state index contributed by atoms with van der Waals surface area (Å²) in [4.78, 5) is 0. The molecule has 5 rings (SSSR count). The summed E-state index contributed by atoms with van der Waals surface area (Å²) in [5.41, 5.74) is 8.91. The number of hydrogen-bond acceptors (Lipinski definition) is 0. The summed E-state index contributed by atoms with van der Waals surface area (Å²) in [6, 6.07) is 29.8. The Morgan fingerprint density at radius 2 is 1.37 bits per heavy atom. The molecule has 0 nitrogen and oxygen atoms in total. The van der Waals surface area contributed by atoms with Crippen molar-refractivity contribution < 1.29 is 0 Å². The highest BCUT2D eigenvalue weighted by Gasteiger charge is 2.42. The van der Waals surface area contributed by atoms with Gasteiger partial charge >= 0.3 is 0 Å². The Balaban J connectivity index is 1.51. The molecule has 3 aromatic rings. The first kappa shape index (κ1) is 19.4. The molecule has 1 saturated carbocycles. The molecule has 2 aliphatic rings. The molecule has 0 N–H and O–H groups in total. The molecule has 2 aliphatic carbocycles. The molecule has 4 atom stereocenters. The van der Waals surface area contributed by atoms with E-state index >= 15 is 0 Å². The molecular weight excluding hydrogens is 360 g/mol. The number of hydrogen-bond donors (Lipinski definition) is 0. The fourth-order valence-corrected chi connectivity index (χ4v) is 5.86. The van der Waals surface area contributed by atoms with Crippen LogP contribution in [0.4, 0.5) is 0 Å². The van der Waals surface area contributed by atoms with Crippen molar-refractivity contribution in [1.29, 1.82) is 0 Å². The van der Waals surface area contributed by atoms with Crippen LogP contribution in [0, 0.1) is 25.7 Å². The van der Waals surface area contributed by atoms with Crippen molar-refractivity contribution in [2.45, 2.75) is 51.4 Å². The number of fused-ring (bicyclic) bond motifs is 1. The molecule has 3 aromatic carbocycles. The van der Waals surface area contributed by atoms with Gasteiger partial charge in [-0.25, -0.2) is 0 Å². The monoisotopic (exact) mass is 392 g/mol. The minimum Gasteiger partial charge on any atom is -0.0766 e. The fraction of sp³-hybridized carbons (Fsp3) is 0.333. The number of allylic oxidation sites excluding steroid dienone is 2. The van der Waals surface area contributed by atoms with E-state index < -0.39 is 0 Å². The first-order chi connectivity index (χ1) is 14.7. The number of benzene rings is 3. The lowest BCUT2D eigenvalue weighted by molar-refractivity contribution is 0.338. The Labute approximate surface area is 181 Å². The van der Waals surface area contributed by atoms with E-state index in [0.29, 0.717) is 23.7 Å². The van der Waals surface area contributed by atoms with Crippen molar-refractivity contribution in [2.75, 3.05) is 0 Å². The van der Waals surface area contributed by atoms with Crippen LogP contribution in [0.5, 0.6) is 0 Å². The Kier molecular flexibility index (Phi) is 5.34. The third-order valence-corrected chi connectivity index (χ3v) is 7.41. The molecule has 0 heterocycles. The van der Waals surface area contributed by atoms with E-state index in [0.717, 1.165) is 0 Å². The first-order valence-electron chi connectivity index (χ1n) is 11.6. The Morgan fingerprint density at radius 3 is 2.07 bits per heavy atom. The largest absolute Gasteiger partial charge is 0.0766 e. The van der Waals surface area contributed by atoms with Crippen LogP contribution in [-0.4, -0.2) is 0 Å². The van der Waals surface area contributed by atoms with Gasteiger partial charge in [0.15, 0.2) is 0 Å². The maximum atomic E-state index is 2.67. The summed E-state index contributed by atoms with van der Waals surface area (Å²) in [6.45, 7) is 4.37. The van der Waals surface area contributed by atoms with Gasteiger partial charge in [-0.3, -0.25) is 0 Å². The van der Waals surface area contributed by atoms with Crippen LogP contribution in [-0.2, 0) is 6.42 Å². The van der Waals surface area contributed by atoms with Gasteiger partial charge in [0.1, 0.15) is 0 Å². The molecule has 0 amide bonds. The number of aryl methyl sites for hydroxylation is 2. The van der Waals surface area contributed by atoms with E-state index in [1.807, 2.05) is 0 Å². The first-order valence-corrected chi connectivity index (χ1v) is 11.6. The van der Waals surface area contributed by atoms with Gasteiger partial charge < -0.3 is 0 Å². The standard InChI is InChI=1S/C30H32/c1-21-11-15-23(16-12-21)19-26-9-6-10-27-28(26)20-29(24-7-4-3-5-8-24)30(27)25-17-13-22(2)14-18-25/h3-5,7-8,11-18,20,26-27,29-30H,6,9-10,19H2,1-2H3. The van der Waals surface area contributed by atoms with Gasteiger partial charge in [-0.1, -0.05) is 108 Å². The summed E-state index contributed by atoms with van der Waals surface area (Å²) >= 11 is 0. The number of rotatable bonds is 4. The normalized spacial score (nSPS) is 25.6. The zero-order valence-electron chi connectivity index (χ0n) is 18.2. The quantitative estimate of drug-likeness (QED) is 0.398. The van der Waals surface area contributed by atoms with Gasteiger partial charge in [-0.2, -0.15) is 0 Å². The van der Waals surface area contributed by atoms with E-state index in [2.05, 4.69) is 98.8 Å². The second-order valence-corrected chi connectivity index (χ2v) is 9.46. The molecule has 0 spiro atoms. The molecule has 0 aromatic heterocycles. The molecule has 0 heteroatoms. The summed E-state index contributed by atoms with van der Waals surface area (Å²) < 4.78 is 0. The zero-order valence-corrected chi connectivity index (χ0v) is 18.2. The maximum absolute atomic E-state index is 2.67. The molecule has 30 heavy (non-hydrogen) atoms. The molecule has 0 radical (unpaired) electrons. The topological polar surface area (TPSA) is 0 Å². The van der Waals surface area contributed by atoms with E-state index in [4.69, 9.17) is 0 Å². The van der Waals surface area contributed by atoms with E-state index in [9.17, 15) is 0 Å². The SMILES string of the molecule is Cc1ccc(CC2CCCC3C2=CC(c2ccccc2)C3c2ccc(C)cc2)cc1. The highest BCUT2D eigenvalue weighted by molar-refractivity contribution is 5.43. The molecule has 0 saturated heterocycles. The Bertz CT molecular complexity index is 1010. The van der Waals surface area contributed by atoms with Crippen LogP contribution in [0.3, 0.4) is 0 Å². The van der Waals surface area contributed by atoms with Crippen LogP contribution in [0.2, 0.25) is 0 Å². The van der Waals surface area contributed by atoms with Gasteiger partial charge in [-0.15, -0.1) is 0 Å². The third kappa shape index (κ3) is 3.76. The van der Waals surface area contributed by atoms with Gasteiger partial charge in [0, 0.05) is 11.8 Å². The molecular formula is C30H32. The minimum atomic E-state index is 0.493. The molecule has 1 fully saturated rings. The van der Waals surface area contributed by atoms with Crippen LogP contribution in [0.25, 0.3) is 0 Å². The maximum Gasteiger partial charge on any atom is 0.00953 e. The lowest BCUT2D eigenvalue weighted by atomic mass is 9.70. The lowest BCUT2D eigenvalue weighted by Gasteiger charge is -2.34. The fourth-order valence-electron chi connectivity index (χ4n) is 5.86. The average molecular weight is 393 g/mol. The smallest absolute Gasteiger partial charge is 0.00953 e. The Hall–Kier alpha value is -2.60. The van der Waals surface area contributed by atoms with Crippen molar-refractivity contribution in [2.24, 2.45) is 11.8 Å². The van der Waals surface area contributed by atoms with Crippen LogP contribution in [0.1, 0.15) is 58.9 Å². The highest BCUT2D eigenvalue weighted by Crippen LogP contribution is 2.55. The van der Waals surface area contributed by atoms with Gasteiger partial charge in [0.2, 0.25) is 0 Å². The molecule has 0 aliphatic heterocycles. The predicted octanol–water partition coefficient (Wildman–Crippen LogP) is 7.77. The van der Waals surface area contributed by atoms with E-state index in [-0.39, 0.29) is 0 Å². The summed E-state index contributed by atoms with van der Waals surface area (Å²) in [5.74, 6) is 2.44. The van der Waals surface area contributed by atoms with Crippen molar-refractivity contribution in [1.82, 2.24) is 0 Å². The summed E-state index contributed by atoms with van der Waals surface area (Å²) in [7, 11) is 0. The van der Waals surface area contributed by atoms with Crippen molar-refractivity contribution in [3.63, 3.8) is 0 Å². The highest BCUT2D eigenvalue weighted by atomic mass is 14.5. The molecule has 0 bridgehead atoms. The third-order valence-electron chi connectivity index (χ3n) is 7.41. The van der Waals surface area contributed by atoms with Crippen LogP contribution < -0.4 is 0 Å². The molecule has 152 valence electrons. The summed E-state index contributed by atoms with van der Waals surface area (Å²) in [6.07, 6.45) is 7.87. The van der Waals surface area contributed by atoms with Crippen molar-refractivity contribution in [3.8, 4) is 0 Å². The van der Waals surface area contributed by atoms with Crippen molar-refractivity contribution in [3.05, 3.63) is 118 Å². The van der Waals surface area contributed by atoms with Crippen molar-refractivity contribution >= 4 is 0 Å². The van der Waals surface area contributed by atoms with Crippen LogP contribution in [0.15, 0.2) is 90.5 Å². The molecule has 4 unspecified atom stereocenters. The lowest BCUT2D eigenvalue weighted by Crippen LogP contribution is -2.23. The average Bonchev–Trinajstić information content (AvgIpc) is 3.17. The van der Waals surface area contributed by atoms with Gasteiger partial charge in [0.25, 0.3) is 0 Å². The van der Waals surface area contributed by atoms with Crippen LogP contribution >= 0.6 is 0 Å². The minimum absolute atomic E-state index is 0.493. The second-order valence-electron chi connectivity index (χ2n) is 9.46. The van der Waals surface area contributed by atoms with E-state index in [1.165, 1.54) is 53.5 Å². The Morgan fingerprint density at radius 1 is 0.700 bits per heavy atom. The second kappa shape index (κ2) is 8.26. The van der Waals surface area contributed by atoms with E-state index in [1.54, 1.807) is 5.57 Å². The van der Waals surface area contributed by atoms with Gasteiger partial charge in [0.05, 0.1) is 0 Å².